The lowest BCUT2D eigenvalue weighted by atomic mass is 10.1. The second-order valence-corrected chi connectivity index (χ2v) is 4.84. The van der Waals surface area contributed by atoms with Gasteiger partial charge >= 0.3 is 0 Å². The molecule has 0 aliphatic carbocycles. The van der Waals surface area contributed by atoms with Crippen LogP contribution in [0.2, 0.25) is 0 Å². The summed E-state index contributed by atoms with van der Waals surface area (Å²) in [6, 6.07) is 18.3. The molecular weight excluding hydrogens is 280 g/mol. The molecule has 0 fully saturated rings. The minimum atomic E-state index is -0.909. The van der Waals surface area contributed by atoms with Crippen LogP contribution in [0.5, 0.6) is 0 Å². The average molecular weight is 296 g/mol. The van der Waals surface area contributed by atoms with Gasteiger partial charge in [-0.1, -0.05) is 60.7 Å². The summed E-state index contributed by atoms with van der Waals surface area (Å²) < 4.78 is 0. The number of amidine groups is 2. The lowest BCUT2D eigenvalue weighted by molar-refractivity contribution is 0.234. The minimum Gasteiger partial charge on any atom is -0.380 e. The van der Waals surface area contributed by atoms with Crippen LogP contribution < -0.4 is 10.9 Å². The Morgan fingerprint density at radius 1 is 0.636 bits per heavy atom. The van der Waals surface area contributed by atoms with Crippen molar-refractivity contribution in [3.8, 4) is 0 Å². The van der Waals surface area contributed by atoms with E-state index in [2.05, 4.69) is 21.1 Å². The largest absolute Gasteiger partial charge is 0.380 e. The Kier molecular flexibility index (Phi) is 4.13. The van der Waals surface area contributed by atoms with Crippen molar-refractivity contribution in [1.29, 1.82) is 0 Å². The molecule has 0 radical (unpaired) electrons. The van der Waals surface area contributed by atoms with Crippen LogP contribution >= 0.6 is 0 Å². The van der Waals surface area contributed by atoms with Crippen molar-refractivity contribution >= 4 is 11.7 Å². The molecule has 1 aliphatic heterocycles. The maximum Gasteiger partial charge on any atom is 0.176 e. The van der Waals surface area contributed by atoms with Crippen molar-refractivity contribution in [3.05, 3.63) is 71.8 Å². The van der Waals surface area contributed by atoms with Gasteiger partial charge in [0.25, 0.3) is 0 Å². The molecular formula is C16H16N4O2. The van der Waals surface area contributed by atoms with Gasteiger partial charge in [0, 0.05) is 0 Å². The van der Waals surface area contributed by atoms with Gasteiger partial charge in [0.05, 0.1) is 0 Å². The van der Waals surface area contributed by atoms with Gasteiger partial charge in [-0.2, -0.15) is 10.2 Å². The van der Waals surface area contributed by atoms with Crippen LogP contribution in [-0.2, 0) is 0 Å². The monoisotopic (exact) mass is 296 g/mol. The van der Waals surface area contributed by atoms with Crippen LogP contribution in [0.25, 0.3) is 0 Å². The van der Waals surface area contributed by atoms with E-state index in [1.807, 2.05) is 36.4 Å². The number of aliphatic hydroxyl groups excluding tert-OH is 2. The number of hydrogen-bond acceptors (Lipinski definition) is 6. The maximum atomic E-state index is 10.2. The topological polar surface area (TPSA) is 89.2 Å². The molecule has 2 aromatic carbocycles. The van der Waals surface area contributed by atoms with Crippen LogP contribution in [0, 0.1) is 0 Å². The van der Waals surface area contributed by atoms with Crippen LogP contribution in [0.3, 0.4) is 0 Å². The fourth-order valence-corrected chi connectivity index (χ4v) is 2.12. The summed E-state index contributed by atoms with van der Waals surface area (Å²) in [5.74, 6) is 0.547. The van der Waals surface area contributed by atoms with E-state index in [1.54, 1.807) is 24.3 Å². The summed E-state index contributed by atoms with van der Waals surface area (Å²) in [6.07, 6.45) is -1.82. The molecule has 0 bridgehead atoms. The molecule has 6 heteroatoms. The molecule has 1 aliphatic rings. The van der Waals surface area contributed by atoms with Crippen LogP contribution in [0.4, 0.5) is 0 Å². The summed E-state index contributed by atoms with van der Waals surface area (Å²) >= 11 is 0. The molecule has 0 unspecified atom stereocenters. The van der Waals surface area contributed by atoms with Crippen molar-refractivity contribution < 1.29 is 10.2 Å². The molecule has 0 spiro atoms. The smallest absolute Gasteiger partial charge is 0.176 e. The van der Waals surface area contributed by atoms with Crippen LogP contribution in [0.1, 0.15) is 23.3 Å². The first-order valence-electron chi connectivity index (χ1n) is 6.89. The average Bonchev–Trinajstić information content (AvgIpc) is 2.62. The van der Waals surface area contributed by atoms with Gasteiger partial charge in [-0.3, -0.25) is 10.9 Å². The quantitative estimate of drug-likeness (QED) is 0.684. The molecule has 0 saturated carbocycles. The fraction of sp³-hybridized carbons (Fsp3) is 0.125. The first-order chi connectivity index (χ1) is 10.8. The molecule has 0 aromatic heterocycles. The Hall–Kier alpha value is -2.70. The molecule has 1 heterocycles. The summed E-state index contributed by atoms with van der Waals surface area (Å²) in [5, 5.41) is 28.5. The van der Waals surface area contributed by atoms with Crippen LogP contribution in [0.15, 0.2) is 70.9 Å². The van der Waals surface area contributed by atoms with Crippen molar-refractivity contribution in [2.45, 2.75) is 12.2 Å². The molecule has 0 amide bonds. The third-order valence-corrected chi connectivity index (χ3v) is 3.33. The highest BCUT2D eigenvalue weighted by Gasteiger charge is 2.22. The molecule has 6 nitrogen and oxygen atoms in total. The number of hydrogen-bond donors (Lipinski definition) is 4. The molecule has 3 rings (SSSR count). The van der Waals surface area contributed by atoms with E-state index in [-0.39, 0.29) is 11.7 Å². The van der Waals surface area contributed by atoms with Crippen molar-refractivity contribution in [2.24, 2.45) is 10.2 Å². The third kappa shape index (κ3) is 2.98. The number of rotatable bonds is 4. The Balaban J connectivity index is 1.69. The zero-order valence-electron chi connectivity index (χ0n) is 11.7. The summed E-state index contributed by atoms with van der Waals surface area (Å²) in [5.41, 5.74) is 6.78. The predicted octanol–water partition coefficient (Wildman–Crippen LogP) is 1.27. The second kappa shape index (κ2) is 6.38. The van der Waals surface area contributed by atoms with Gasteiger partial charge < -0.3 is 10.2 Å². The summed E-state index contributed by atoms with van der Waals surface area (Å²) in [4.78, 5) is 0. The number of nitrogens with one attached hydrogen (secondary N) is 2. The maximum absolute atomic E-state index is 10.2. The van der Waals surface area contributed by atoms with Crippen molar-refractivity contribution in [1.82, 2.24) is 10.9 Å². The summed E-state index contributed by atoms with van der Waals surface area (Å²) in [6.45, 7) is 0. The number of hydrazone groups is 2. The first kappa shape index (κ1) is 14.2. The SMILES string of the molecule is O[C@H](C1=NNC([C@@H](O)c2ccccc2)=NN1)c1ccccc1. The molecule has 0 saturated heterocycles. The van der Waals surface area contributed by atoms with E-state index in [1.165, 1.54) is 0 Å². The van der Waals surface area contributed by atoms with E-state index in [9.17, 15) is 10.2 Å². The zero-order chi connectivity index (χ0) is 15.4. The Labute approximate surface area is 127 Å². The zero-order valence-corrected chi connectivity index (χ0v) is 11.7. The van der Waals surface area contributed by atoms with Gasteiger partial charge in [0.1, 0.15) is 12.2 Å². The van der Waals surface area contributed by atoms with E-state index >= 15 is 0 Å². The van der Waals surface area contributed by atoms with E-state index in [0.717, 1.165) is 0 Å². The first-order valence-corrected chi connectivity index (χ1v) is 6.89. The number of benzene rings is 2. The van der Waals surface area contributed by atoms with Crippen LogP contribution in [-0.4, -0.2) is 21.9 Å². The number of aliphatic hydroxyl groups is 2. The van der Waals surface area contributed by atoms with Gasteiger partial charge in [0.2, 0.25) is 0 Å². The third-order valence-electron chi connectivity index (χ3n) is 3.33. The second-order valence-electron chi connectivity index (χ2n) is 4.84. The highest BCUT2D eigenvalue weighted by molar-refractivity contribution is 5.95. The van der Waals surface area contributed by atoms with E-state index in [4.69, 9.17) is 0 Å². The van der Waals surface area contributed by atoms with Gasteiger partial charge in [-0.25, -0.2) is 0 Å². The van der Waals surface area contributed by atoms with Crippen molar-refractivity contribution in [2.75, 3.05) is 0 Å². The molecule has 2 atom stereocenters. The predicted molar refractivity (Wildman–Crippen MR) is 83.9 cm³/mol. The minimum absolute atomic E-state index is 0.273. The lowest BCUT2D eigenvalue weighted by Crippen LogP contribution is -2.39. The molecule has 4 N–H and O–H groups in total. The van der Waals surface area contributed by atoms with E-state index in [0.29, 0.717) is 11.1 Å². The molecule has 2 aromatic rings. The lowest BCUT2D eigenvalue weighted by Gasteiger charge is -2.21. The number of nitrogens with zero attached hydrogens (tertiary/aromatic N) is 2. The summed E-state index contributed by atoms with van der Waals surface area (Å²) in [7, 11) is 0. The van der Waals surface area contributed by atoms with E-state index < -0.39 is 12.2 Å². The van der Waals surface area contributed by atoms with Gasteiger partial charge in [-0.05, 0) is 11.1 Å². The van der Waals surface area contributed by atoms with Gasteiger partial charge in [-0.15, -0.1) is 0 Å². The highest BCUT2D eigenvalue weighted by Crippen LogP contribution is 2.16. The highest BCUT2D eigenvalue weighted by atomic mass is 16.3. The molecule has 112 valence electrons. The normalized spacial score (nSPS) is 16.6. The standard InChI is InChI=1S/C16H16N4O2/c21-13(11-7-3-1-4-8-11)15-17-19-16(20-18-15)14(22)12-9-5-2-6-10-12/h1-10,13-14,21-22H,(H,17,18)(H,19,20)/t13-,14-/m0/s1. The Morgan fingerprint density at radius 3 is 1.32 bits per heavy atom. The molecule has 22 heavy (non-hydrogen) atoms. The Bertz CT molecular complexity index is 624. The van der Waals surface area contributed by atoms with Gasteiger partial charge in [0.15, 0.2) is 11.7 Å². The van der Waals surface area contributed by atoms with Crippen molar-refractivity contribution in [3.63, 3.8) is 0 Å². The Morgan fingerprint density at radius 2 is 1.00 bits per heavy atom. The fourth-order valence-electron chi connectivity index (χ4n) is 2.12.